The minimum atomic E-state index is -3.19. The van der Waals surface area contributed by atoms with E-state index in [1.54, 1.807) is 24.3 Å². The fourth-order valence-corrected chi connectivity index (χ4v) is 3.08. The van der Waals surface area contributed by atoms with E-state index >= 15 is 0 Å². The van der Waals surface area contributed by atoms with Crippen LogP contribution in [0.4, 0.5) is 0 Å². The Labute approximate surface area is 153 Å². The molecule has 0 unspecified atom stereocenters. The molecule has 0 atom stereocenters. The molecule has 0 saturated heterocycles. The van der Waals surface area contributed by atoms with Gasteiger partial charge in [-0.25, -0.2) is 13.2 Å². The van der Waals surface area contributed by atoms with E-state index in [0.29, 0.717) is 12.4 Å². The predicted molar refractivity (Wildman–Crippen MR) is 99.4 cm³/mol. The lowest BCUT2D eigenvalue weighted by atomic mass is 10.1. The van der Waals surface area contributed by atoms with Crippen LogP contribution in [0.15, 0.2) is 53.4 Å². The smallest absolute Gasteiger partial charge is 0.335 e. The minimum Gasteiger partial charge on any atom is -0.494 e. The standard InChI is InChI=1S/C19H23NO5S/c1-20(14-15-4-6-16(7-5-15)19(21)22)12-3-13-25-17-8-10-18(11-9-17)26(2,23)24/h4-11H,3,12-14H2,1-2H3,(H,21,22). The van der Waals surface area contributed by atoms with Crippen LogP contribution in [0.1, 0.15) is 22.3 Å². The molecule has 1 N–H and O–H groups in total. The number of hydrogen-bond donors (Lipinski definition) is 1. The van der Waals surface area contributed by atoms with Crippen LogP contribution in [0.3, 0.4) is 0 Å². The Morgan fingerprint density at radius 3 is 2.23 bits per heavy atom. The second kappa shape index (κ2) is 8.82. The van der Waals surface area contributed by atoms with Crippen molar-refractivity contribution in [1.82, 2.24) is 4.90 Å². The second-order valence-corrected chi connectivity index (χ2v) is 8.20. The molecule has 0 heterocycles. The van der Waals surface area contributed by atoms with Gasteiger partial charge in [0.05, 0.1) is 17.1 Å². The van der Waals surface area contributed by atoms with Crippen molar-refractivity contribution < 1.29 is 23.1 Å². The molecule has 26 heavy (non-hydrogen) atoms. The van der Waals surface area contributed by atoms with Gasteiger partial charge in [-0.3, -0.25) is 0 Å². The Hall–Kier alpha value is -2.38. The SMILES string of the molecule is CN(CCCOc1ccc(S(C)(=O)=O)cc1)Cc1ccc(C(=O)O)cc1. The molecular formula is C19H23NO5S. The van der Waals surface area contributed by atoms with E-state index in [1.807, 2.05) is 19.2 Å². The number of rotatable bonds is 9. The molecular weight excluding hydrogens is 354 g/mol. The summed E-state index contributed by atoms with van der Waals surface area (Å²) in [6.07, 6.45) is 1.99. The molecule has 0 radical (unpaired) electrons. The fourth-order valence-electron chi connectivity index (χ4n) is 2.45. The van der Waals surface area contributed by atoms with Crippen molar-refractivity contribution in [1.29, 1.82) is 0 Å². The lowest BCUT2D eigenvalue weighted by molar-refractivity contribution is 0.0697. The molecule has 7 heteroatoms. The van der Waals surface area contributed by atoms with Crippen molar-refractivity contribution in [3.63, 3.8) is 0 Å². The molecule has 140 valence electrons. The minimum absolute atomic E-state index is 0.276. The molecule has 0 fully saturated rings. The van der Waals surface area contributed by atoms with Crippen LogP contribution in [0, 0.1) is 0 Å². The third-order valence-corrected chi connectivity index (χ3v) is 4.99. The number of hydrogen-bond acceptors (Lipinski definition) is 5. The zero-order valence-electron chi connectivity index (χ0n) is 14.9. The summed E-state index contributed by atoms with van der Waals surface area (Å²) in [5, 5.41) is 8.90. The van der Waals surface area contributed by atoms with Gasteiger partial charge in [-0.1, -0.05) is 12.1 Å². The molecule has 6 nitrogen and oxygen atoms in total. The highest BCUT2D eigenvalue weighted by Crippen LogP contribution is 2.16. The second-order valence-electron chi connectivity index (χ2n) is 6.19. The average Bonchev–Trinajstić information content (AvgIpc) is 2.59. The summed E-state index contributed by atoms with van der Waals surface area (Å²) < 4.78 is 28.4. The topological polar surface area (TPSA) is 83.9 Å². The van der Waals surface area contributed by atoms with E-state index in [-0.39, 0.29) is 10.5 Å². The molecule has 2 aromatic rings. The normalized spacial score (nSPS) is 11.5. The van der Waals surface area contributed by atoms with Crippen LogP contribution in [0.2, 0.25) is 0 Å². The first-order valence-electron chi connectivity index (χ1n) is 8.19. The summed E-state index contributed by atoms with van der Waals surface area (Å²) in [4.78, 5) is 13.2. The molecule has 0 bridgehead atoms. The molecule has 0 spiro atoms. The van der Waals surface area contributed by atoms with Crippen LogP contribution in [0.5, 0.6) is 5.75 Å². The van der Waals surface area contributed by atoms with Crippen LogP contribution in [0.25, 0.3) is 0 Å². The van der Waals surface area contributed by atoms with Gasteiger partial charge in [0.1, 0.15) is 5.75 Å². The van der Waals surface area contributed by atoms with Crippen molar-refractivity contribution in [3.8, 4) is 5.75 Å². The number of carboxylic acids is 1. The Morgan fingerprint density at radius 1 is 1.08 bits per heavy atom. The van der Waals surface area contributed by atoms with Gasteiger partial charge >= 0.3 is 5.97 Å². The quantitative estimate of drug-likeness (QED) is 0.677. The van der Waals surface area contributed by atoms with Gasteiger partial charge in [-0.15, -0.1) is 0 Å². The van der Waals surface area contributed by atoms with Crippen molar-refractivity contribution in [2.24, 2.45) is 0 Å². The Morgan fingerprint density at radius 2 is 1.69 bits per heavy atom. The van der Waals surface area contributed by atoms with Crippen LogP contribution in [-0.4, -0.2) is 50.8 Å². The fraction of sp³-hybridized carbons (Fsp3) is 0.316. The van der Waals surface area contributed by atoms with E-state index < -0.39 is 15.8 Å². The van der Waals surface area contributed by atoms with Gasteiger partial charge in [-0.05, 0) is 55.4 Å². The van der Waals surface area contributed by atoms with Crippen molar-refractivity contribution in [2.45, 2.75) is 17.9 Å². The van der Waals surface area contributed by atoms with E-state index in [0.717, 1.165) is 25.1 Å². The van der Waals surface area contributed by atoms with Crippen LogP contribution in [-0.2, 0) is 16.4 Å². The lowest BCUT2D eigenvalue weighted by Gasteiger charge is -2.17. The number of nitrogens with zero attached hydrogens (tertiary/aromatic N) is 1. The molecule has 2 aromatic carbocycles. The third-order valence-electron chi connectivity index (χ3n) is 3.86. The Balaban J connectivity index is 1.73. The van der Waals surface area contributed by atoms with Crippen molar-refractivity contribution in [2.75, 3.05) is 26.5 Å². The summed E-state index contributed by atoms with van der Waals surface area (Å²) in [6, 6.07) is 13.2. The third kappa shape index (κ3) is 6.16. The summed E-state index contributed by atoms with van der Waals surface area (Å²) >= 11 is 0. The first-order valence-corrected chi connectivity index (χ1v) is 10.1. The van der Waals surface area contributed by atoms with Crippen LogP contribution < -0.4 is 4.74 Å². The molecule has 0 amide bonds. The molecule has 2 rings (SSSR count). The van der Waals surface area contributed by atoms with Gasteiger partial charge in [0, 0.05) is 19.3 Å². The highest BCUT2D eigenvalue weighted by Gasteiger charge is 2.07. The summed E-state index contributed by atoms with van der Waals surface area (Å²) in [6.45, 7) is 2.07. The first kappa shape index (κ1) is 19.9. The van der Waals surface area contributed by atoms with Gasteiger partial charge in [0.15, 0.2) is 9.84 Å². The highest BCUT2D eigenvalue weighted by atomic mass is 32.2. The monoisotopic (exact) mass is 377 g/mol. The van der Waals surface area contributed by atoms with E-state index in [4.69, 9.17) is 9.84 Å². The lowest BCUT2D eigenvalue weighted by Crippen LogP contribution is -2.20. The summed E-state index contributed by atoms with van der Waals surface area (Å²) in [5.74, 6) is -0.282. The molecule has 0 aliphatic heterocycles. The zero-order chi connectivity index (χ0) is 19.2. The van der Waals surface area contributed by atoms with E-state index in [9.17, 15) is 13.2 Å². The zero-order valence-corrected chi connectivity index (χ0v) is 15.7. The van der Waals surface area contributed by atoms with Gasteiger partial charge in [0.2, 0.25) is 0 Å². The Bertz CT molecular complexity index is 829. The predicted octanol–water partition coefficient (Wildman–Crippen LogP) is 2.69. The summed E-state index contributed by atoms with van der Waals surface area (Å²) in [5.41, 5.74) is 1.33. The number of ether oxygens (including phenoxy) is 1. The number of carbonyl (C=O) groups is 1. The number of sulfone groups is 1. The maximum absolute atomic E-state index is 11.4. The Kier molecular flexibility index (Phi) is 6.76. The molecule has 0 aliphatic rings. The molecule has 0 aromatic heterocycles. The highest BCUT2D eigenvalue weighted by molar-refractivity contribution is 7.90. The van der Waals surface area contributed by atoms with Crippen molar-refractivity contribution >= 4 is 15.8 Å². The molecule has 0 aliphatic carbocycles. The van der Waals surface area contributed by atoms with E-state index in [2.05, 4.69) is 4.90 Å². The molecule has 0 saturated carbocycles. The summed E-state index contributed by atoms with van der Waals surface area (Å²) in [7, 11) is -1.20. The van der Waals surface area contributed by atoms with Gasteiger partial charge in [0.25, 0.3) is 0 Å². The number of carboxylic acid groups (broad SMARTS) is 1. The maximum atomic E-state index is 11.4. The number of aromatic carboxylic acids is 1. The number of benzene rings is 2. The average molecular weight is 377 g/mol. The van der Waals surface area contributed by atoms with E-state index in [1.165, 1.54) is 18.4 Å². The first-order chi connectivity index (χ1) is 12.3. The van der Waals surface area contributed by atoms with Gasteiger partial charge < -0.3 is 14.7 Å². The van der Waals surface area contributed by atoms with Crippen molar-refractivity contribution in [3.05, 3.63) is 59.7 Å². The maximum Gasteiger partial charge on any atom is 0.335 e. The largest absolute Gasteiger partial charge is 0.494 e. The van der Waals surface area contributed by atoms with Gasteiger partial charge in [-0.2, -0.15) is 0 Å². The van der Waals surface area contributed by atoms with Crippen LogP contribution >= 0.6 is 0 Å².